The van der Waals surface area contributed by atoms with Gasteiger partial charge < -0.3 is 5.73 Å². The van der Waals surface area contributed by atoms with Gasteiger partial charge in [-0.1, -0.05) is 53.9 Å². The van der Waals surface area contributed by atoms with Crippen molar-refractivity contribution >= 4 is 21.7 Å². The summed E-state index contributed by atoms with van der Waals surface area (Å²) in [5, 5.41) is 7.42. The number of nitrogens with zero attached hydrogens (tertiary/aromatic N) is 1. The van der Waals surface area contributed by atoms with Crippen molar-refractivity contribution in [2.24, 2.45) is 5.92 Å². The van der Waals surface area contributed by atoms with Gasteiger partial charge in [-0.3, -0.25) is 5.10 Å². The highest BCUT2D eigenvalue weighted by Gasteiger charge is 2.30. The highest BCUT2D eigenvalue weighted by atomic mass is 79.9. The number of benzene rings is 1. The van der Waals surface area contributed by atoms with E-state index in [4.69, 9.17) is 5.73 Å². The molecule has 2 unspecified atom stereocenters. The molecular weight excluding hydrogens is 302 g/mol. The molecule has 1 aromatic heterocycles. The number of anilines is 1. The number of nitrogens with one attached hydrogen (secondary N) is 1. The van der Waals surface area contributed by atoms with Crippen LogP contribution in [-0.2, 0) is 0 Å². The van der Waals surface area contributed by atoms with Gasteiger partial charge >= 0.3 is 0 Å². The molecule has 1 saturated carbocycles. The number of aromatic amines is 1. The largest absolute Gasteiger partial charge is 0.382 e. The van der Waals surface area contributed by atoms with Gasteiger partial charge in [-0.05, 0) is 18.4 Å². The lowest BCUT2D eigenvalue weighted by atomic mass is 9.90. The molecule has 4 heteroatoms. The minimum absolute atomic E-state index is 0.548. The maximum Gasteiger partial charge on any atom is 0.153 e. The molecule has 3 nitrogen and oxygen atoms in total. The monoisotopic (exact) mass is 319 g/mol. The van der Waals surface area contributed by atoms with E-state index in [2.05, 4.69) is 39.1 Å². The summed E-state index contributed by atoms with van der Waals surface area (Å²) < 4.78 is 1.06. The van der Waals surface area contributed by atoms with Gasteiger partial charge in [0, 0.05) is 27.2 Å². The fourth-order valence-electron chi connectivity index (χ4n) is 3.16. The van der Waals surface area contributed by atoms with Gasteiger partial charge in [-0.15, -0.1) is 0 Å². The molecule has 3 rings (SSSR count). The molecule has 100 valence electrons. The lowest BCUT2D eigenvalue weighted by molar-refractivity contribution is 0.522. The van der Waals surface area contributed by atoms with Crippen LogP contribution in [-0.4, -0.2) is 10.2 Å². The van der Waals surface area contributed by atoms with Crippen LogP contribution in [0.1, 0.15) is 37.8 Å². The van der Waals surface area contributed by atoms with Gasteiger partial charge in [0.1, 0.15) is 0 Å². The summed E-state index contributed by atoms with van der Waals surface area (Å²) in [4.78, 5) is 0. The minimum Gasteiger partial charge on any atom is -0.382 e. The Hall–Kier alpha value is -1.29. The molecule has 2 atom stereocenters. The van der Waals surface area contributed by atoms with Gasteiger partial charge in [-0.25, -0.2) is 0 Å². The zero-order valence-electron chi connectivity index (χ0n) is 11.0. The minimum atomic E-state index is 0.548. The van der Waals surface area contributed by atoms with Gasteiger partial charge in [-0.2, -0.15) is 5.10 Å². The third-order valence-electron chi connectivity index (χ3n) is 4.20. The fourth-order valence-corrected chi connectivity index (χ4v) is 3.64. The van der Waals surface area contributed by atoms with E-state index < -0.39 is 0 Å². The summed E-state index contributed by atoms with van der Waals surface area (Å²) in [7, 11) is 0. The van der Waals surface area contributed by atoms with E-state index in [-0.39, 0.29) is 0 Å². The average Bonchev–Trinajstić information content (AvgIpc) is 2.96. The van der Waals surface area contributed by atoms with Crippen molar-refractivity contribution in [3.63, 3.8) is 0 Å². The normalized spacial score (nSPS) is 22.8. The predicted molar refractivity (Wildman–Crippen MR) is 81.9 cm³/mol. The predicted octanol–water partition coefficient (Wildman–Crippen LogP) is 4.33. The Morgan fingerprint density at radius 1 is 1.32 bits per heavy atom. The van der Waals surface area contributed by atoms with Crippen LogP contribution in [0.4, 0.5) is 5.82 Å². The van der Waals surface area contributed by atoms with Crippen LogP contribution in [0.25, 0.3) is 11.1 Å². The highest BCUT2D eigenvalue weighted by molar-refractivity contribution is 9.10. The maximum absolute atomic E-state index is 6.09. The maximum atomic E-state index is 6.09. The summed E-state index contributed by atoms with van der Waals surface area (Å²) in [6.07, 6.45) is 3.80. The second kappa shape index (κ2) is 5.00. The molecular formula is C15H18BrN3. The molecule has 1 heterocycles. The smallest absolute Gasteiger partial charge is 0.153 e. The van der Waals surface area contributed by atoms with E-state index in [1.54, 1.807) is 0 Å². The van der Waals surface area contributed by atoms with Crippen molar-refractivity contribution in [1.29, 1.82) is 0 Å². The quantitative estimate of drug-likeness (QED) is 0.865. The van der Waals surface area contributed by atoms with Crippen LogP contribution in [0.5, 0.6) is 0 Å². The molecule has 0 radical (unpaired) electrons. The second-order valence-electron chi connectivity index (χ2n) is 5.39. The molecule has 2 aromatic rings. The number of nitrogens with two attached hydrogens (primary N) is 1. The van der Waals surface area contributed by atoms with Crippen LogP contribution in [0.2, 0.25) is 0 Å². The van der Waals surface area contributed by atoms with Crippen molar-refractivity contribution in [2.45, 2.75) is 32.1 Å². The number of nitrogen functional groups attached to an aromatic ring is 1. The number of H-pyrrole nitrogens is 1. The lowest BCUT2D eigenvalue weighted by Gasteiger charge is -2.16. The van der Waals surface area contributed by atoms with Crippen molar-refractivity contribution in [3.05, 3.63) is 34.4 Å². The van der Waals surface area contributed by atoms with Gasteiger partial charge in [0.2, 0.25) is 0 Å². The van der Waals surface area contributed by atoms with E-state index >= 15 is 0 Å². The number of hydrogen-bond donors (Lipinski definition) is 2. The Morgan fingerprint density at radius 3 is 2.79 bits per heavy atom. The summed E-state index contributed by atoms with van der Waals surface area (Å²) in [5.41, 5.74) is 9.50. The summed E-state index contributed by atoms with van der Waals surface area (Å²) in [6, 6.07) is 8.19. The van der Waals surface area contributed by atoms with E-state index in [9.17, 15) is 0 Å². The summed E-state index contributed by atoms with van der Waals surface area (Å²) in [5.74, 6) is 1.84. The molecule has 1 fully saturated rings. The summed E-state index contributed by atoms with van der Waals surface area (Å²) >= 11 is 3.61. The Bertz CT molecular complexity index is 591. The second-order valence-corrected chi connectivity index (χ2v) is 6.25. The molecule has 19 heavy (non-hydrogen) atoms. The Balaban J connectivity index is 2.11. The molecule has 1 aliphatic rings. The van der Waals surface area contributed by atoms with Crippen LogP contribution in [0.15, 0.2) is 28.7 Å². The van der Waals surface area contributed by atoms with Crippen LogP contribution in [0, 0.1) is 5.92 Å². The van der Waals surface area contributed by atoms with Gasteiger partial charge in [0.25, 0.3) is 0 Å². The lowest BCUT2D eigenvalue weighted by Crippen LogP contribution is -2.04. The Morgan fingerprint density at radius 2 is 2.11 bits per heavy atom. The number of rotatable bonds is 2. The van der Waals surface area contributed by atoms with Crippen molar-refractivity contribution in [1.82, 2.24) is 10.2 Å². The van der Waals surface area contributed by atoms with Crippen LogP contribution >= 0.6 is 15.9 Å². The number of aromatic nitrogens is 2. The van der Waals surface area contributed by atoms with Gasteiger partial charge in [0.05, 0.1) is 0 Å². The van der Waals surface area contributed by atoms with E-state index in [1.165, 1.54) is 25.0 Å². The van der Waals surface area contributed by atoms with E-state index in [0.29, 0.717) is 17.7 Å². The molecule has 3 N–H and O–H groups in total. The van der Waals surface area contributed by atoms with Crippen molar-refractivity contribution in [2.75, 3.05) is 5.73 Å². The van der Waals surface area contributed by atoms with E-state index in [1.807, 2.05) is 18.2 Å². The van der Waals surface area contributed by atoms with Gasteiger partial charge in [0.15, 0.2) is 5.82 Å². The topological polar surface area (TPSA) is 54.7 Å². The SMILES string of the molecule is CC1CCCC1c1[nH]nc(N)c1-c1ccccc1Br. The molecule has 0 aliphatic heterocycles. The van der Waals surface area contributed by atoms with Crippen LogP contribution < -0.4 is 5.73 Å². The first-order chi connectivity index (χ1) is 9.18. The third kappa shape index (κ3) is 2.18. The highest BCUT2D eigenvalue weighted by Crippen LogP contribution is 2.44. The first kappa shape index (κ1) is 12.7. The molecule has 0 saturated heterocycles. The first-order valence-corrected chi connectivity index (χ1v) is 7.56. The zero-order valence-corrected chi connectivity index (χ0v) is 12.6. The Kier molecular flexibility index (Phi) is 3.35. The first-order valence-electron chi connectivity index (χ1n) is 6.77. The molecule has 0 amide bonds. The van der Waals surface area contributed by atoms with E-state index in [0.717, 1.165) is 15.6 Å². The molecule has 1 aromatic carbocycles. The Labute approximate surface area is 121 Å². The third-order valence-corrected chi connectivity index (χ3v) is 4.89. The van der Waals surface area contributed by atoms with Crippen molar-refractivity contribution in [3.8, 4) is 11.1 Å². The number of halogens is 1. The number of hydrogen-bond acceptors (Lipinski definition) is 2. The van der Waals surface area contributed by atoms with Crippen LogP contribution in [0.3, 0.4) is 0 Å². The molecule has 0 spiro atoms. The summed E-state index contributed by atoms with van der Waals surface area (Å²) in [6.45, 7) is 2.32. The molecule has 0 bridgehead atoms. The fraction of sp³-hybridized carbons (Fsp3) is 0.400. The standard InChI is InChI=1S/C15H18BrN3/c1-9-5-4-7-10(9)14-13(15(17)19-18-14)11-6-2-3-8-12(11)16/h2-3,6,8-10H,4-5,7H2,1H3,(H3,17,18,19). The molecule has 1 aliphatic carbocycles. The zero-order chi connectivity index (χ0) is 13.4. The average molecular weight is 320 g/mol. The van der Waals surface area contributed by atoms with Crippen molar-refractivity contribution < 1.29 is 0 Å².